The van der Waals surface area contributed by atoms with E-state index in [4.69, 9.17) is 0 Å². The standard InChI is InChI=1S/C19H17FN4O3/c1-11(25)21-12-7-8-15(20)17(9-12)22-18(26)10-16-13-5-3-4-6-14(13)19(27)24(2)23-16/h3-9H,10H2,1-2H3,(H,21,25)(H,22,26). The van der Waals surface area contributed by atoms with Crippen molar-refractivity contribution in [1.29, 1.82) is 0 Å². The number of rotatable bonds is 4. The van der Waals surface area contributed by atoms with E-state index >= 15 is 0 Å². The molecule has 0 aliphatic rings. The third-order valence-electron chi connectivity index (χ3n) is 3.92. The van der Waals surface area contributed by atoms with Crippen LogP contribution in [0.4, 0.5) is 15.8 Å². The zero-order valence-electron chi connectivity index (χ0n) is 14.7. The van der Waals surface area contributed by atoms with Crippen molar-refractivity contribution in [2.75, 3.05) is 10.6 Å². The number of hydrogen-bond donors (Lipinski definition) is 2. The minimum Gasteiger partial charge on any atom is -0.326 e. The average molecular weight is 368 g/mol. The van der Waals surface area contributed by atoms with Crippen LogP contribution in [0.2, 0.25) is 0 Å². The zero-order chi connectivity index (χ0) is 19.6. The predicted octanol–water partition coefficient (Wildman–Crippen LogP) is 2.21. The monoisotopic (exact) mass is 368 g/mol. The van der Waals surface area contributed by atoms with E-state index in [1.807, 2.05) is 0 Å². The summed E-state index contributed by atoms with van der Waals surface area (Å²) in [7, 11) is 1.51. The first-order valence-corrected chi connectivity index (χ1v) is 8.17. The van der Waals surface area contributed by atoms with Crippen molar-refractivity contribution in [3.8, 4) is 0 Å². The lowest BCUT2D eigenvalue weighted by Crippen LogP contribution is -2.24. The van der Waals surface area contributed by atoms with E-state index in [-0.39, 0.29) is 23.6 Å². The van der Waals surface area contributed by atoms with Crippen LogP contribution in [0, 0.1) is 5.82 Å². The van der Waals surface area contributed by atoms with Crippen LogP contribution in [-0.2, 0) is 23.1 Å². The Morgan fingerprint density at radius 1 is 1.11 bits per heavy atom. The van der Waals surface area contributed by atoms with Gasteiger partial charge in [-0.1, -0.05) is 18.2 Å². The summed E-state index contributed by atoms with van der Waals surface area (Å²) < 4.78 is 15.2. The summed E-state index contributed by atoms with van der Waals surface area (Å²) in [6.45, 7) is 1.33. The largest absolute Gasteiger partial charge is 0.326 e. The van der Waals surface area contributed by atoms with Crippen LogP contribution in [0.25, 0.3) is 10.8 Å². The molecule has 2 amide bonds. The summed E-state index contributed by atoms with van der Waals surface area (Å²) in [5.74, 6) is -1.43. The molecule has 0 saturated carbocycles. The van der Waals surface area contributed by atoms with Gasteiger partial charge in [-0.25, -0.2) is 9.07 Å². The molecule has 1 aromatic heterocycles. The Balaban J connectivity index is 1.87. The van der Waals surface area contributed by atoms with E-state index in [1.54, 1.807) is 24.3 Å². The number of nitrogens with zero attached hydrogens (tertiary/aromatic N) is 2. The number of aryl methyl sites for hydroxylation is 1. The topological polar surface area (TPSA) is 93.1 Å². The molecule has 3 aromatic rings. The predicted molar refractivity (Wildman–Crippen MR) is 100 cm³/mol. The first kappa shape index (κ1) is 18.2. The van der Waals surface area contributed by atoms with Gasteiger partial charge in [-0.2, -0.15) is 5.10 Å². The van der Waals surface area contributed by atoms with Crippen molar-refractivity contribution in [3.63, 3.8) is 0 Å². The number of carbonyl (C=O) groups is 2. The van der Waals surface area contributed by atoms with Gasteiger partial charge in [0.25, 0.3) is 5.56 Å². The number of nitrogens with one attached hydrogen (secondary N) is 2. The molecule has 2 aromatic carbocycles. The van der Waals surface area contributed by atoms with Crippen molar-refractivity contribution in [1.82, 2.24) is 9.78 Å². The minimum atomic E-state index is -0.629. The molecule has 0 saturated heterocycles. The van der Waals surface area contributed by atoms with Crippen LogP contribution < -0.4 is 16.2 Å². The molecule has 0 radical (unpaired) electrons. The Labute approximate surface area is 153 Å². The van der Waals surface area contributed by atoms with Gasteiger partial charge in [0.15, 0.2) is 0 Å². The molecule has 27 heavy (non-hydrogen) atoms. The quantitative estimate of drug-likeness (QED) is 0.738. The number of carbonyl (C=O) groups excluding carboxylic acids is 2. The fourth-order valence-electron chi connectivity index (χ4n) is 2.76. The number of fused-ring (bicyclic) bond motifs is 1. The lowest BCUT2D eigenvalue weighted by molar-refractivity contribution is -0.116. The molecule has 3 rings (SSSR count). The van der Waals surface area contributed by atoms with Crippen LogP contribution >= 0.6 is 0 Å². The first-order chi connectivity index (χ1) is 12.8. The second-order valence-corrected chi connectivity index (χ2v) is 6.02. The Morgan fingerprint density at radius 3 is 2.52 bits per heavy atom. The Hall–Kier alpha value is -3.55. The molecule has 0 unspecified atom stereocenters. The summed E-state index contributed by atoms with van der Waals surface area (Å²) in [4.78, 5) is 35.7. The highest BCUT2D eigenvalue weighted by molar-refractivity contribution is 5.96. The Bertz CT molecular complexity index is 1110. The molecule has 7 nitrogen and oxygen atoms in total. The van der Waals surface area contributed by atoms with Gasteiger partial charge in [0.1, 0.15) is 5.82 Å². The fraction of sp³-hybridized carbons (Fsp3) is 0.158. The summed E-state index contributed by atoms with van der Waals surface area (Å²) in [5.41, 5.74) is 0.456. The number of hydrogen-bond acceptors (Lipinski definition) is 4. The molecule has 0 fully saturated rings. The SMILES string of the molecule is CC(=O)Nc1ccc(F)c(NC(=O)Cc2nn(C)c(=O)c3ccccc23)c1. The normalized spacial score (nSPS) is 10.6. The van der Waals surface area contributed by atoms with Crippen LogP contribution in [-0.4, -0.2) is 21.6 Å². The smallest absolute Gasteiger partial charge is 0.274 e. The van der Waals surface area contributed by atoms with Crippen molar-refractivity contribution < 1.29 is 14.0 Å². The van der Waals surface area contributed by atoms with Gasteiger partial charge >= 0.3 is 0 Å². The summed E-state index contributed by atoms with van der Waals surface area (Å²) in [6.07, 6.45) is -0.140. The molecule has 0 spiro atoms. The van der Waals surface area contributed by atoms with Crippen LogP contribution in [0.15, 0.2) is 47.3 Å². The zero-order valence-corrected chi connectivity index (χ0v) is 14.7. The maximum absolute atomic E-state index is 14.0. The van der Waals surface area contributed by atoms with E-state index in [9.17, 15) is 18.8 Å². The molecular weight excluding hydrogens is 351 g/mol. The number of amides is 2. The van der Waals surface area contributed by atoms with Crippen molar-refractivity contribution >= 4 is 34.0 Å². The second-order valence-electron chi connectivity index (χ2n) is 6.02. The summed E-state index contributed by atoms with van der Waals surface area (Å²) >= 11 is 0. The van der Waals surface area contributed by atoms with Crippen molar-refractivity contribution in [3.05, 3.63) is 64.3 Å². The first-order valence-electron chi connectivity index (χ1n) is 8.17. The van der Waals surface area contributed by atoms with Gasteiger partial charge in [-0.3, -0.25) is 14.4 Å². The summed E-state index contributed by atoms with van der Waals surface area (Å²) in [6, 6.07) is 10.7. The van der Waals surface area contributed by atoms with Crippen LogP contribution in [0.1, 0.15) is 12.6 Å². The van der Waals surface area contributed by atoms with Gasteiger partial charge < -0.3 is 10.6 Å². The molecule has 1 heterocycles. The molecule has 2 N–H and O–H groups in total. The van der Waals surface area contributed by atoms with Gasteiger partial charge in [-0.15, -0.1) is 0 Å². The van der Waals surface area contributed by atoms with E-state index in [2.05, 4.69) is 15.7 Å². The fourth-order valence-corrected chi connectivity index (χ4v) is 2.76. The molecule has 0 atom stereocenters. The molecule has 138 valence electrons. The number of anilines is 2. The van der Waals surface area contributed by atoms with E-state index < -0.39 is 11.7 Å². The summed E-state index contributed by atoms with van der Waals surface area (Å²) in [5, 5.41) is 10.2. The Kier molecular flexibility index (Phi) is 4.98. The van der Waals surface area contributed by atoms with E-state index in [1.165, 1.54) is 30.8 Å². The van der Waals surface area contributed by atoms with Crippen LogP contribution in [0.5, 0.6) is 0 Å². The third kappa shape index (κ3) is 4.00. The Morgan fingerprint density at radius 2 is 1.81 bits per heavy atom. The van der Waals surface area contributed by atoms with Gasteiger partial charge in [0, 0.05) is 25.0 Å². The number of halogens is 1. The average Bonchev–Trinajstić information content (AvgIpc) is 2.62. The number of aromatic nitrogens is 2. The molecule has 0 aliphatic carbocycles. The minimum absolute atomic E-state index is 0.0552. The van der Waals surface area contributed by atoms with Crippen molar-refractivity contribution in [2.45, 2.75) is 13.3 Å². The highest BCUT2D eigenvalue weighted by Gasteiger charge is 2.14. The van der Waals surface area contributed by atoms with E-state index in [0.29, 0.717) is 22.2 Å². The highest BCUT2D eigenvalue weighted by atomic mass is 19.1. The van der Waals surface area contributed by atoms with Crippen LogP contribution in [0.3, 0.4) is 0 Å². The second kappa shape index (κ2) is 7.36. The van der Waals surface area contributed by atoms with E-state index in [0.717, 1.165) is 6.07 Å². The van der Waals surface area contributed by atoms with Gasteiger partial charge in [-0.05, 0) is 24.3 Å². The van der Waals surface area contributed by atoms with Crippen molar-refractivity contribution in [2.24, 2.45) is 7.05 Å². The van der Waals surface area contributed by atoms with Gasteiger partial charge in [0.2, 0.25) is 11.8 Å². The maximum Gasteiger partial charge on any atom is 0.274 e. The van der Waals surface area contributed by atoms with Gasteiger partial charge in [0.05, 0.1) is 23.2 Å². The number of benzene rings is 2. The maximum atomic E-state index is 14.0. The molecule has 0 bridgehead atoms. The third-order valence-corrected chi connectivity index (χ3v) is 3.92. The lowest BCUT2D eigenvalue weighted by Gasteiger charge is -2.11. The molecule has 0 aliphatic heterocycles. The lowest BCUT2D eigenvalue weighted by atomic mass is 10.1. The highest BCUT2D eigenvalue weighted by Crippen LogP contribution is 2.20. The molecular formula is C19H17FN4O3. The molecule has 8 heteroatoms.